The second kappa shape index (κ2) is 15.7. The lowest BCUT2D eigenvalue weighted by Crippen LogP contribution is -2.61. The Morgan fingerprint density at radius 3 is 2.11 bits per heavy atom. The van der Waals surface area contributed by atoms with E-state index in [1.807, 2.05) is 60.7 Å². The minimum absolute atomic E-state index is 0.00188. The van der Waals surface area contributed by atoms with Crippen LogP contribution in [0.3, 0.4) is 0 Å². The molecule has 1 heterocycles. The minimum Gasteiger partial charge on any atom is -0.392 e. The fourth-order valence-corrected chi connectivity index (χ4v) is 10.5. The van der Waals surface area contributed by atoms with Crippen molar-refractivity contribution in [3.8, 4) is 11.1 Å². The van der Waals surface area contributed by atoms with Gasteiger partial charge in [0.25, 0.3) is 0 Å². The van der Waals surface area contributed by atoms with Crippen molar-refractivity contribution in [3.05, 3.63) is 119 Å². The molecule has 9 rings (SSSR count). The molecule has 4 bridgehead atoms. The smallest absolute Gasteiger partial charge is 0.315 e. The van der Waals surface area contributed by atoms with Gasteiger partial charge in [0.1, 0.15) is 0 Å². The van der Waals surface area contributed by atoms with Gasteiger partial charge in [-0.05, 0) is 108 Å². The SMILES string of the molecule is CC(=O)Nc1ccc(SC[C@H]2C[C@@H](c3ccc(CO)cc3)O[C@@H](c3ccc(-c4ccccc4CNC(=O)NC45CC6CC(CC(C6)C4)C5)cc3)O2)cc1. The van der Waals surface area contributed by atoms with Crippen molar-refractivity contribution < 1.29 is 24.2 Å². The summed E-state index contributed by atoms with van der Waals surface area (Å²) in [7, 11) is 0. The van der Waals surface area contributed by atoms with Crippen molar-refractivity contribution in [2.75, 3.05) is 11.1 Å². The van der Waals surface area contributed by atoms with Crippen molar-refractivity contribution in [3.63, 3.8) is 0 Å². The molecule has 3 amide bonds. The summed E-state index contributed by atoms with van der Waals surface area (Å²) in [5.74, 6) is 2.99. The van der Waals surface area contributed by atoms with Crippen LogP contribution >= 0.6 is 11.8 Å². The summed E-state index contributed by atoms with van der Waals surface area (Å²) < 4.78 is 13.2. The number of benzene rings is 4. The lowest BCUT2D eigenvalue weighted by Gasteiger charge is -2.56. The van der Waals surface area contributed by atoms with E-state index in [9.17, 15) is 14.7 Å². The number of ether oxygens (including phenoxy) is 2. The van der Waals surface area contributed by atoms with Crippen molar-refractivity contribution in [1.29, 1.82) is 0 Å². The first-order valence-corrected chi connectivity index (χ1v) is 20.0. The van der Waals surface area contributed by atoms with Gasteiger partial charge >= 0.3 is 6.03 Å². The Morgan fingerprint density at radius 2 is 1.45 bits per heavy atom. The van der Waals surface area contributed by atoms with E-state index in [0.29, 0.717) is 13.0 Å². The van der Waals surface area contributed by atoms with Crippen LogP contribution in [0, 0.1) is 17.8 Å². The van der Waals surface area contributed by atoms with Gasteiger partial charge in [0.05, 0.1) is 18.8 Å². The zero-order valence-corrected chi connectivity index (χ0v) is 31.1. The molecule has 53 heavy (non-hydrogen) atoms. The second-order valence-corrected chi connectivity index (χ2v) is 16.7. The highest BCUT2D eigenvalue weighted by atomic mass is 32.2. The zero-order chi connectivity index (χ0) is 36.4. The molecular formula is C44H49N3O5S. The predicted molar refractivity (Wildman–Crippen MR) is 208 cm³/mol. The molecule has 3 atom stereocenters. The largest absolute Gasteiger partial charge is 0.392 e. The monoisotopic (exact) mass is 731 g/mol. The number of rotatable bonds is 11. The molecule has 4 saturated carbocycles. The quantitative estimate of drug-likeness (QED) is 0.115. The summed E-state index contributed by atoms with van der Waals surface area (Å²) in [6, 6.07) is 32.4. The number of aliphatic hydroxyl groups is 1. The molecule has 276 valence electrons. The Labute approximate surface area is 316 Å². The van der Waals surface area contributed by atoms with E-state index in [2.05, 4.69) is 52.3 Å². The summed E-state index contributed by atoms with van der Waals surface area (Å²) in [5.41, 5.74) is 6.82. The van der Waals surface area contributed by atoms with Crippen LogP contribution in [-0.2, 0) is 27.4 Å². The van der Waals surface area contributed by atoms with Crippen molar-refractivity contribution in [1.82, 2.24) is 10.6 Å². The van der Waals surface area contributed by atoms with Gasteiger partial charge in [0.15, 0.2) is 6.29 Å². The van der Waals surface area contributed by atoms with E-state index in [4.69, 9.17) is 9.47 Å². The Kier molecular flexibility index (Phi) is 10.6. The van der Waals surface area contributed by atoms with Crippen molar-refractivity contribution in [2.24, 2.45) is 17.8 Å². The molecule has 5 fully saturated rings. The number of hydrogen-bond acceptors (Lipinski definition) is 6. The molecule has 1 aliphatic heterocycles. The number of carbonyl (C=O) groups excluding carboxylic acids is 2. The first-order valence-electron chi connectivity index (χ1n) is 19.0. The van der Waals surface area contributed by atoms with Gasteiger partial charge in [-0.1, -0.05) is 72.8 Å². The number of amides is 3. The van der Waals surface area contributed by atoms with E-state index < -0.39 is 6.29 Å². The molecule has 0 unspecified atom stereocenters. The Hall–Kier alpha value is -4.15. The number of urea groups is 1. The molecule has 4 aromatic rings. The molecule has 0 aromatic heterocycles. The van der Waals surface area contributed by atoms with Crippen LogP contribution in [0.15, 0.2) is 102 Å². The van der Waals surface area contributed by atoms with Crippen LogP contribution in [0.1, 0.15) is 86.5 Å². The lowest BCUT2D eigenvalue weighted by atomic mass is 9.53. The highest BCUT2D eigenvalue weighted by Gasteiger charge is 2.51. The standard InChI is InChI=1S/C44H49N3O5S/c1-28(49)46-37-14-16-39(17-15-37)53-27-38-21-41(34-8-6-29(26-48)7-9-34)52-42(51-38)35-12-10-33(11-13-35)40-5-3-2-4-36(40)25-45-43(50)47-44-22-30-18-31(23-44)20-32(19-30)24-44/h2-17,30-32,38,41-42,48H,18-27H2,1H3,(H,46,49)(H2,45,47,50)/t30?,31?,32?,38-,41+,42+,44?/m1/s1. The minimum atomic E-state index is -0.557. The Bertz CT molecular complexity index is 1860. The highest BCUT2D eigenvalue weighted by Crippen LogP contribution is 2.55. The number of nitrogens with one attached hydrogen (secondary N) is 3. The van der Waals surface area contributed by atoms with E-state index >= 15 is 0 Å². The van der Waals surface area contributed by atoms with Gasteiger partial charge in [-0.3, -0.25) is 4.79 Å². The maximum Gasteiger partial charge on any atom is 0.315 e. The molecule has 1 saturated heterocycles. The maximum atomic E-state index is 13.3. The summed E-state index contributed by atoms with van der Waals surface area (Å²) >= 11 is 1.72. The number of aliphatic hydroxyl groups excluding tert-OH is 1. The third-order valence-electron chi connectivity index (χ3n) is 11.6. The predicted octanol–water partition coefficient (Wildman–Crippen LogP) is 8.91. The molecule has 4 aromatic carbocycles. The summed E-state index contributed by atoms with van der Waals surface area (Å²) in [4.78, 5) is 25.8. The van der Waals surface area contributed by atoms with Crippen LogP contribution in [-0.4, -0.2) is 34.4 Å². The first-order chi connectivity index (χ1) is 25.8. The average Bonchev–Trinajstić information content (AvgIpc) is 3.16. The van der Waals surface area contributed by atoms with Crippen LogP contribution < -0.4 is 16.0 Å². The normalized spacial score (nSPS) is 27.3. The molecule has 9 heteroatoms. The fourth-order valence-electron chi connectivity index (χ4n) is 9.55. The van der Waals surface area contributed by atoms with E-state index in [1.165, 1.54) is 26.2 Å². The topological polar surface area (TPSA) is 109 Å². The van der Waals surface area contributed by atoms with Crippen molar-refractivity contribution >= 4 is 29.4 Å². The Morgan fingerprint density at radius 1 is 0.792 bits per heavy atom. The van der Waals surface area contributed by atoms with Gasteiger partial charge in [0, 0.05) is 47.3 Å². The molecule has 4 N–H and O–H groups in total. The third kappa shape index (κ3) is 8.49. The number of carbonyl (C=O) groups is 2. The van der Waals surface area contributed by atoms with Gasteiger partial charge < -0.3 is 30.5 Å². The molecule has 0 spiro atoms. The first kappa shape index (κ1) is 35.9. The Balaban J connectivity index is 0.939. The van der Waals surface area contributed by atoms with Gasteiger partial charge in [-0.2, -0.15) is 0 Å². The summed E-state index contributed by atoms with van der Waals surface area (Å²) in [6.45, 7) is 1.96. The lowest BCUT2D eigenvalue weighted by molar-refractivity contribution is -0.245. The average molecular weight is 732 g/mol. The number of hydrogen-bond donors (Lipinski definition) is 4. The molecule has 0 radical (unpaired) electrons. The summed E-state index contributed by atoms with van der Waals surface area (Å²) in [6.07, 6.45) is 7.34. The fraction of sp³-hybridized carbons (Fsp3) is 0.409. The zero-order valence-electron chi connectivity index (χ0n) is 30.3. The molecule has 4 aliphatic carbocycles. The second-order valence-electron chi connectivity index (χ2n) is 15.7. The van der Waals surface area contributed by atoms with Crippen LogP contribution in [0.5, 0.6) is 0 Å². The van der Waals surface area contributed by atoms with Gasteiger partial charge in [-0.25, -0.2) is 4.79 Å². The molecule has 8 nitrogen and oxygen atoms in total. The van der Waals surface area contributed by atoms with Gasteiger partial charge in [-0.15, -0.1) is 11.8 Å². The molecule has 5 aliphatic rings. The third-order valence-corrected chi connectivity index (χ3v) is 12.7. The van der Waals surface area contributed by atoms with Crippen LogP contribution in [0.25, 0.3) is 11.1 Å². The number of thioether (sulfide) groups is 1. The number of anilines is 1. The van der Waals surface area contributed by atoms with E-state index in [1.54, 1.807) is 11.8 Å². The van der Waals surface area contributed by atoms with E-state index in [-0.39, 0.29) is 36.3 Å². The van der Waals surface area contributed by atoms with Crippen LogP contribution in [0.2, 0.25) is 0 Å². The maximum absolute atomic E-state index is 13.3. The van der Waals surface area contributed by atoms with Crippen LogP contribution in [0.4, 0.5) is 10.5 Å². The van der Waals surface area contributed by atoms with Gasteiger partial charge in [0.2, 0.25) is 5.91 Å². The summed E-state index contributed by atoms with van der Waals surface area (Å²) in [5, 5.41) is 19.0. The molecular weight excluding hydrogens is 683 g/mol. The van der Waals surface area contributed by atoms with E-state index in [0.717, 1.165) is 86.7 Å². The highest BCUT2D eigenvalue weighted by molar-refractivity contribution is 7.99. The van der Waals surface area contributed by atoms with Crippen molar-refractivity contribution in [2.45, 2.75) is 94.0 Å².